The summed E-state index contributed by atoms with van der Waals surface area (Å²) in [6.45, 7) is 3.36. The third-order valence-electron chi connectivity index (χ3n) is 2.82. The molecule has 0 saturated carbocycles. The number of halogens is 1. The van der Waals surface area contributed by atoms with Crippen LogP contribution in [0.15, 0.2) is 21.2 Å². The first kappa shape index (κ1) is 13.7. The fraction of sp³-hybridized carbons (Fsp3) is 0.600. The van der Waals surface area contributed by atoms with Crippen LogP contribution in [0.2, 0.25) is 0 Å². The second-order valence-electron chi connectivity index (χ2n) is 4.24. The summed E-state index contributed by atoms with van der Waals surface area (Å²) in [6.07, 6.45) is 1.23. The Morgan fingerprint density at radius 2 is 2.00 bits per heavy atom. The Balaban J connectivity index is 3.18. The summed E-state index contributed by atoms with van der Waals surface area (Å²) in [5, 5.41) is 2.98. The molecule has 1 unspecified atom stereocenters. The van der Waals surface area contributed by atoms with Crippen molar-refractivity contribution in [1.82, 2.24) is 5.32 Å². The molecule has 0 aliphatic carbocycles. The van der Waals surface area contributed by atoms with Crippen LogP contribution in [-0.4, -0.2) is 26.5 Å². The van der Waals surface area contributed by atoms with Gasteiger partial charge in [-0.1, -0.05) is 0 Å². The minimum absolute atomic E-state index is 0.381. The van der Waals surface area contributed by atoms with Gasteiger partial charge in [0.15, 0.2) is 14.5 Å². The van der Waals surface area contributed by atoms with Gasteiger partial charge in [0.1, 0.15) is 5.76 Å². The fourth-order valence-corrected chi connectivity index (χ4v) is 2.51. The summed E-state index contributed by atoms with van der Waals surface area (Å²) in [4.78, 5) is 0. The van der Waals surface area contributed by atoms with Gasteiger partial charge in [-0.2, -0.15) is 0 Å². The molecule has 1 atom stereocenters. The second-order valence-corrected chi connectivity index (χ2v) is 7.62. The Labute approximate surface area is 104 Å². The molecule has 1 aromatic rings. The van der Waals surface area contributed by atoms with E-state index in [9.17, 15) is 8.42 Å². The van der Waals surface area contributed by atoms with Crippen LogP contribution in [0.25, 0.3) is 0 Å². The number of rotatable bonds is 4. The van der Waals surface area contributed by atoms with Crippen molar-refractivity contribution < 1.29 is 12.8 Å². The lowest BCUT2D eigenvalue weighted by atomic mass is 10.0. The fourth-order valence-electron chi connectivity index (χ4n) is 1.53. The minimum atomic E-state index is -3.19. The number of furan rings is 1. The van der Waals surface area contributed by atoms with Crippen molar-refractivity contribution >= 4 is 25.8 Å². The van der Waals surface area contributed by atoms with Gasteiger partial charge in [-0.25, -0.2) is 8.42 Å². The summed E-state index contributed by atoms with van der Waals surface area (Å²) in [5.41, 5.74) is 0. The molecular formula is C10H16BrNO3S. The van der Waals surface area contributed by atoms with E-state index in [0.29, 0.717) is 10.4 Å². The lowest BCUT2D eigenvalue weighted by molar-refractivity contribution is 0.362. The van der Waals surface area contributed by atoms with Crippen LogP contribution in [0.4, 0.5) is 0 Å². The smallest absolute Gasteiger partial charge is 0.169 e. The van der Waals surface area contributed by atoms with Crippen LogP contribution in [0.5, 0.6) is 0 Å². The van der Waals surface area contributed by atoms with Crippen molar-refractivity contribution in [3.63, 3.8) is 0 Å². The Bertz CT molecular complexity index is 464. The van der Waals surface area contributed by atoms with Crippen molar-refractivity contribution in [2.75, 3.05) is 13.3 Å². The lowest BCUT2D eigenvalue weighted by Gasteiger charge is -2.30. The maximum atomic E-state index is 11.7. The summed E-state index contributed by atoms with van der Waals surface area (Å²) in [7, 11) is -1.47. The molecule has 0 saturated heterocycles. The maximum Gasteiger partial charge on any atom is 0.169 e. The topological polar surface area (TPSA) is 59.3 Å². The van der Waals surface area contributed by atoms with E-state index in [4.69, 9.17) is 4.42 Å². The second kappa shape index (κ2) is 4.50. The largest absolute Gasteiger partial charge is 0.453 e. The van der Waals surface area contributed by atoms with Gasteiger partial charge >= 0.3 is 0 Å². The molecule has 0 aliphatic heterocycles. The molecule has 0 amide bonds. The van der Waals surface area contributed by atoms with Crippen molar-refractivity contribution in [3.05, 3.63) is 22.6 Å². The predicted molar refractivity (Wildman–Crippen MR) is 67.1 cm³/mol. The Morgan fingerprint density at radius 1 is 1.44 bits per heavy atom. The Kier molecular flexibility index (Phi) is 3.87. The quantitative estimate of drug-likeness (QED) is 0.925. The zero-order valence-corrected chi connectivity index (χ0v) is 12.1. The van der Waals surface area contributed by atoms with Gasteiger partial charge in [-0.15, -0.1) is 0 Å². The molecule has 1 N–H and O–H groups in total. The normalized spacial score (nSPS) is 15.1. The van der Waals surface area contributed by atoms with Crippen LogP contribution >= 0.6 is 15.9 Å². The van der Waals surface area contributed by atoms with Gasteiger partial charge < -0.3 is 9.73 Å². The van der Waals surface area contributed by atoms with E-state index >= 15 is 0 Å². The molecule has 0 aromatic carbocycles. The average molecular weight is 310 g/mol. The molecule has 16 heavy (non-hydrogen) atoms. The maximum absolute atomic E-state index is 11.7. The van der Waals surface area contributed by atoms with Gasteiger partial charge in [0, 0.05) is 6.26 Å². The molecule has 6 heteroatoms. The van der Waals surface area contributed by atoms with E-state index in [1.54, 1.807) is 33.0 Å². The van der Waals surface area contributed by atoms with E-state index in [1.165, 1.54) is 6.26 Å². The Morgan fingerprint density at radius 3 is 2.31 bits per heavy atom. The number of hydrogen-bond donors (Lipinski definition) is 1. The third-order valence-corrected chi connectivity index (χ3v) is 5.39. The molecule has 0 aliphatic rings. The summed E-state index contributed by atoms with van der Waals surface area (Å²) >= 11 is 3.20. The molecule has 0 bridgehead atoms. The molecule has 1 aromatic heterocycles. The minimum Gasteiger partial charge on any atom is -0.453 e. The molecule has 92 valence electrons. The monoisotopic (exact) mass is 309 g/mol. The van der Waals surface area contributed by atoms with E-state index in [-0.39, 0.29) is 6.04 Å². The molecule has 1 rings (SSSR count). The average Bonchev–Trinajstić information content (AvgIpc) is 2.50. The van der Waals surface area contributed by atoms with E-state index < -0.39 is 14.6 Å². The molecule has 0 fully saturated rings. The SMILES string of the molecule is CNC(c1ccc(Br)o1)C(C)(C)S(C)(=O)=O. The molecular weight excluding hydrogens is 294 g/mol. The van der Waals surface area contributed by atoms with Gasteiger partial charge in [-0.05, 0) is 49.0 Å². The Hall–Kier alpha value is -0.330. The number of nitrogens with one attached hydrogen (secondary N) is 1. The van der Waals surface area contributed by atoms with E-state index in [0.717, 1.165) is 0 Å². The summed E-state index contributed by atoms with van der Waals surface area (Å²) < 4.78 is 28.5. The van der Waals surface area contributed by atoms with Crippen molar-refractivity contribution in [1.29, 1.82) is 0 Å². The lowest BCUT2D eigenvalue weighted by Crippen LogP contribution is -2.43. The van der Waals surface area contributed by atoms with Crippen molar-refractivity contribution in [2.45, 2.75) is 24.6 Å². The van der Waals surface area contributed by atoms with Gasteiger partial charge in [0.2, 0.25) is 0 Å². The van der Waals surface area contributed by atoms with Crippen LogP contribution < -0.4 is 5.32 Å². The summed E-state index contributed by atoms with van der Waals surface area (Å²) in [6, 6.07) is 3.13. The molecule has 0 spiro atoms. The molecule has 1 heterocycles. The predicted octanol–water partition coefficient (Wildman–Crippen LogP) is 2.13. The first-order valence-electron chi connectivity index (χ1n) is 4.82. The highest BCUT2D eigenvalue weighted by Gasteiger charge is 2.40. The van der Waals surface area contributed by atoms with Crippen molar-refractivity contribution in [2.24, 2.45) is 0 Å². The number of sulfone groups is 1. The highest BCUT2D eigenvalue weighted by atomic mass is 79.9. The molecule has 4 nitrogen and oxygen atoms in total. The highest BCUT2D eigenvalue weighted by Crippen LogP contribution is 2.33. The van der Waals surface area contributed by atoms with Crippen LogP contribution in [-0.2, 0) is 9.84 Å². The number of hydrogen-bond acceptors (Lipinski definition) is 4. The first-order valence-corrected chi connectivity index (χ1v) is 7.50. The van der Waals surface area contributed by atoms with Crippen LogP contribution in [0, 0.1) is 0 Å². The molecule has 0 radical (unpaired) electrons. The zero-order valence-electron chi connectivity index (χ0n) is 9.74. The highest BCUT2D eigenvalue weighted by molar-refractivity contribution is 9.10. The van der Waals surface area contributed by atoms with Gasteiger partial charge in [0.25, 0.3) is 0 Å². The first-order chi connectivity index (χ1) is 7.20. The zero-order chi connectivity index (χ0) is 12.6. The standard InChI is InChI=1S/C10H16BrNO3S/c1-10(2,16(4,13)14)9(12-3)7-5-6-8(11)15-7/h5-6,9,12H,1-4H3. The van der Waals surface area contributed by atoms with E-state index in [1.807, 2.05) is 0 Å². The van der Waals surface area contributed by atoms with Gasteiger partial charge in [-0.3, -0.25) is 0 Å². The summed E-state index contributed by atoms with van der Waals surface area (Å²) in [5.74, 6) is 0.602. The van der Waals surface area contributed by atoms with E-state index in [2.05, 4.69) is 21.2 Å². The van der Waals surface area contributed by atoms with Gasteiger partial charge in [0.05, 0.1) is 10.8 Å². The third kappa shape index (κ3) is 2.49. The van der Waals surface area contributed by atoms with Crippen LogP contribution in [0.1, 0.15) is 25.6 Å². The van der Waals surface area contributed by atoms with Crippen molar-refractivity contribution in [3.8, 4) is 0 Å². The van der Waals surface area contributed by atoms with Crippen LogP contribution in [0.3, 0.4) is 0 Å².